The molecule has 0 aliphatic rings. The second kappa shape index (κ2) is 14.9. The fourth-order valence-electron chi connectivity index (χ4n) is 2.20. The summed E-state index contributed by atoms with van der Waals surface area (Å²) in [7, 11) is 1.32. The number of carbonyl (C=O) groups is 1. The summed E-state index contributed by atoms with van der Waals surface area (Å²) in [5.74, 6) is -0.320. The highest BCUT2D eigenvalue weighted by Gasteiger charge is 2.13. The fraction of sp³-hybridized carbons (Fsp3) is 0.650. The van der Waals surface area contributed by atoms with Crippen molar-refractivity contribution < 1.29 is 24.9 Å². The predicted molar refractivity (Wildman–Crippen MR) is 100 cm³/mol. The van der Waals surface area contributed by atoms with Crippen LogP contribution in [0, 0.1) is 0 Å². The van der Waals surface area contributed by atoms with E-state index in [0.717, 1.165) is 31.3 Å². The predicted octanol–water partition coefficient (Wildman–Crippen LogP) is 3.05. The van der Waals surface area contributed by atoms with Gasteiger partial charge in [0.15, 0.2) is 0 Å². The minimum absolute atomic E-state index is 0.231. The molecule has 0 radical (unpaired) electrons. The smallest absolute Gasteiger partial charge is 0.305 e. The third kappa shape index (κ3) is 13.5. The Balaban J connectivity index is 4.19. The zero-order chi connectivity index (χ0) is 19.1. The molecule has 0 amide bonds. The molecule has 0 aromatic heterocycles. The fourth-order valence-corrected chi connectivity index (χ4v) is 2.20. The maximum atomic E-state index is 11.0. The molecular weight excluding hydrogens is 320 g/mol. The number of aliphatic hydroxyl groups is 3. The average Bonchev–Trinajstić information content (AvgIpc) is 2.59. The van der Waals surface area contributed by atoms with Crippen molar-refractivity contribution in [3.05, 3.63) is 36.0 Å². The van der Waals surface area contributed by atoms with Crippen LogP contribution in [0.25, 0.3) is 0 Å². The minimum Gasteiger partial charge on any atom is -0.469 e. The van der Waals surface area contributed by atoms with Crippen LogP contribution in [0.5, 0.6) is 0 Å². The molecule has 0 heterocycles. The van der Waals surface area contributed by atoms with Crippen molar-refractivity contribution in [1.29, 1.82) is 0 Å². The second-order valence-electron chi connectivity index (χ2n) is 6.24. The number of esters is 1. The zero-order valence-electron chi connectivity index (χ0n) is 15.7. The molecule has 5 heteroatoms. The largest absolute Gasteiger partial charge is 0.469 e. The van der Waals surface area contributed by atoms with E-state index in [1.807, 2.05) is 13.0 Å². The highest BCUT2D eigenvalue weighted by Crippen LogP contribution is 2.08. The van der Waals surface area contributed by atoms with Crippen molar-refractivity contribution in [3.8, 4) is 0 Å². The van der Waals surface area contributed by atoms with E-state index in [1.54, 1.807) is 18.2 Å². The van der Waals surface area contributed by atoms with Crippen LogP contribution in [-0.2, 0) is 9.53 Å². The summed E-state index contributed by atoms with van der Waals surface area (Å²) in [6, 6.07) is 0. The first kappa shape index (κ1) is 23.6. The lowest BCUT2D eigenvalue weighted by atomic mass is 10.1. The summed E-state index contributed by atoms with van der Waals surface area (Å²) in [5.41, 5.74) is 0.943. The summed E-state index contributed by atoms with van der Waals surface area (Å²) in [6.07, 6.45) is 11.4. The monoisotopic (exact) mass is 354 g/mol. The summed E-state index contributed by atoms with van der Waals surface area (Å²) in [6.45, 7) is 4.03. The van der Waals surface area contributed by atoms with E-state index in [0.29, 0.717) is 12.8 Å². The normalized spacial score (nSPS) is 16.3. The molecule has 3 N–H and O–H groups in total. The summed E-state index contributed by atoms with van der Waals surface area (Å²) < 4.78 is 4.52. The van der Waals surface area contributed by atoms with Crippen LogP contribution < -0.4 is 0 Å². The number of rotatable bonds is 13. The van der Waals surface area contributed by atoms with Crippen molar-refractivity contribution in [3.63, 3.8) is 0 Å². The van der Waals surface area contributed by atoms with Gasteiger partial charge in [-0.3, -0.25) is 4.79 Å². The highest BCUT2D eigenvalue weighted by molar-refractivity contribution is 5.68. The van der Waals surface area contributed by atoms with Crippen LogP contribution in [0.4, 0.5) is 0 Å². The number of methoxy groups -OCH3 is 1. The first-order valence-electron chi connectivity index (χ1n) is 9.05. The Morgan fingerprint density at radius 2 is 1.80 bits per heavy atom. The van der Waals surface area contributed by atoms with E-state index in [1.165, 1.54) is 13.2 Å². The van der Waals surface area contributed by atoms with Crippen LogP contribution in [0.2, 0.25) is 0 Å². The summed E-state index contributed by atoms with van der Waals surface area (Å²) in [5, 5.41) is 29.5. The molecule has 5 nitrogen and oxygen atoms in total. The van der Waals surface area contributed by atoms with Gasteiger partial charge in [0.1, 0.15) is 0 Å². The Bertz CT molecular complexity index is 439. The van der Waals surface area contributed by atoms with Gasteiger partial charge in [0.05, 0.1) is 25.4 Å². The minimum atomic E-state index is -0.981. The average molecular weight is 354 g/mol. The van der Waals surface area contributed by atoms with E-state index in [-0.39, 0.29) is 12.4 Å². The third-order valence-corrected chi connectivity index (χ3v) is 3.85. The lowest BCUT2D eigenvalue weighted by Gasteiger charge is -2.13. The topological polar surface area (TPSA) is 87.0 Å². The van der Waals surface area contributed by atoms with E-state index in [2.05, 4.69) is 11.7 Å². The second-order valence-corrected chi connectivity index (χ2v) is 6.24. The zero-order valence-corrected chi connectivity index (χ0v) is 15.7. The number of hydrogen-bond acceptors (Lipinski definition) is 5. The first-order valence-corrected chi connectivity index (χ1v) is 9.05. The van der Waals surface area contributed by atoms with Crippen LogP contribution >= 0.6 is 0 Å². The molecule has 0 aromatic rings. The molecule has 0 bridgehead atoms. The Kier molecular flexibility index (Phi) is 14.0. The Morgan fingerprint density at radius 3 is 2.44 bits per heavy atom. The quantitative estimate of drug-likeness (QED) is 0.269. The van der Waals surface area contributed by atoms with E-state index >= 15 is 0 Å². The van der Waals surface area contributed by atoms with E-state index in [4.69, 9.17) is 0 Å². The molecule has 0 rings (SSSR count). The van der Waals surface area contributed by atoms with Crippen LogP contribution in [0.15, 0.2) is 36.0 Å². The van der Waals surface area contributed by atoms with Crippen molar-refractivity contribution in [2.75, 3.05) is 7.11 Å². The number of unbranched alkanes of at least 4 members (excludes halogenated alkanes) is 2. The van der Waals surface area contributed by atoms with Gasteiger partial charge < -0.3 is 20.1 Å². The number of carbonyl (C=O) groups excluding carboxylic acids is 1. The number of hydrogen-bond donors (Lipinski definition) is 3. The first-order chi connectivity index (χ1) is 11.9. The maximum Gasteiger partial charge on any atom is 0.305 e. The van der Waals surface area contributed by atoms with Crippen LogP contribution in [0.3, 0.4) is 0 Å². The van der Waals surface area contributed by atoms with Gasteiger partial charge >= 0.3 is 5.97 Å². The van der Waals surface area contributed by atoms with Crippen LogP contribution in [0.1, 0.15) is 58.8 Å². The van der Waals surface area contributed by atoms with Gasteiger partial charge in [-0.2, -0.15) is 0 Å². The third-order valence-electron chi connectivity index (χ3n) is 3.85. The Labute approximate surface area is 151 Å². The van der Waals surface area contributed by atoms with Gasteiger partial charge in [0.2, 0.25) is 0 Å². The van der Waals surface area contributed by atoms with Gasteiger partial charge in [-0.25, -0.2) is 0 Å². The summed E-state index contributed by atoms with van der Waals surface area (Å²) in [4.78, 5) is 11.0. The molecule has 0 saturated heterocycles. The van der Waals surface area contributed by atoms with Gasteiger partial charge in [-0.15, -0.1) is 0 Å². The van der Waals surface area contributed by atoms with Gasteiger partial charge in [0.25, 0.3) is 0 Å². The molecule has 3 atom stereocenters. The van der Waals surface area contributed by atoms with E-state index < -0.39 is 18.3 Å². The highest BCUT2D eigenvalue weighted by atomic mass is 16.5. The Hall–Kier alpha value is -1.43. The lowest BCUT2D eigenvalue weighted by Crippen LogP contribution is -2.23. The molecule has 0 spiro atoms. The Morgan fingerprint density at radius 1 is 1.08 bits per heavy atom. The molecule has 0 aliphatic carbocycles. The molecule has 144 valence electrons. The maximum absolute atomic E-state index is 11.0. The van der Waals surface area contributed by atoms with Gasteiger partial charge in [-0.05, 0) is 26.2 Å². The van der Waals surface area contributed by atoms with E-state index in [9.17, 15) is 20.1 Å². The molecule has 0 aromatic carbocycles. The molecule has 25 heavy (non-hydrogen) atoms. The lowest BCUT2D eigenvalue weighted by molar-refractivity contribution is -0.140. The van der Waals surface area contributed by atoms with Crippen molar-refractivity contribution >= 4 is 5.97 Å². The molecular formula is C20H34O5. The molecule has 0 saturated carbocycles. The number of allylic oxidation sites excluding steroid dienone is 4. The van der Waals surface area contributed by atoms with Crippen LogP contribution in [-0.4, -0.2) is 46.7 Å². The van der Waals surface area contributed by atoms with Gasteiger partial charge in [-0.1, -0.05) is 62.1 Å². The standard InChI is InChI=1S/C20H34O5/c1-4-5-6-10-17(21)15-14-16(2)9-7-11-18(22)19(23)12-8-13-20(24)25-3/h7,9,11,14-15,17-19,21-23H,4-6,8,10,12-13H2,1-3H3/b11-7+,15-14+,16-9-/t17-,18-,19+/m1/s1. The SMILES string of the molecule is CCCCC[C@@H](O)/C=C/C(C)=C\C=C\[C@@H](O)[C@@H](O)CCCC(=O)OC. The molecule has 0 aliphatic heterocycles. The van der Waals surface area contributed by atoms with Gasteiger partial charge in [0, 0.05) is 6.42 Å². The van der Waals surface area contributed by atoms with Crippen molar-refractivity contribution in [1.82, 2.24) is 0 Å². The molecule has 0 unspecified atom stereocenters. The van der Waals surface area contributed by atoms with Crippen molar-refractivity contribution in [2.45, 2.75) is 77.1 Å². The van der Waals surface area contributed by atoms with Crippen molar-refractivity contribution in [2.24, 2.45) is 0 Å². The number of aliphatic hydroxyl groups excluding tert-OH is 3. The molecule has 0 fully saturated rings. The number of ether oxygens (including phenoxy) is 1. The summed E-state index contributed by atoms with van der Waals surface area (Å²) >= 11 is 0.